The molecular weight excluding hydrogens is 216 g/mol. The van der Waals surface area contributed by atoms with Gasteiger partial charge in [0.1, 0.15) is 0 Å². The van der Waals surface area contributed by atoms with E-state index in [1.54, 1.807) is 0 Å². The molecule has 2 nitrogen and oxygen atoms in total. The van der Waals surface area contributed by atoms with Gasteiger partial charge >= 0.3 is 0 Å². The lowest BCUT2D eigenvalue weighted by atomic mass is 10.1. The highest BCUT2D eigenvalue weighted by Gasteiger charge is 2.24. The fourth-order valence-corrected chi connectivity index (χ4v) is 3.77. The first-order chi connectivity index (χ1) is 7.65. The van der Waals surface area contributed by atoms with E-state index < -0.39 is 0 Å². The number of nitrogens with one attached hydrogen (secondary N) is 1. The van der Waals surface area contributed by atoms with Crippen molar-refractivity contribution in [2.24, 2.45) is 22.7 Å². The Kier molecular flexibility index (Phi) is 4.17. The van der Waals surface area contributed by atoms with Crippen LogP contribution in [-0.4, -0.2) is 23.5 Å². The molecule has 2 aliphatic rings. The molecule has 0 radical (unpaired) electrons. The van der Waals surface area contributed by atoms with Crippen molar-refractivity contribution in [2.45, 2.75) is 46.1 Å². The predicted octanol–water partition coefficient (Wildman–Crippen LogP) is 3.14. The van der Waals surface area contributed by atoms with E-state index in [4.69, 9.17) is 4.99 Å². The zero-order valence-electron chi connectivity index (χ0n) is 10.7. The average Bonchev–Trinajstić information content (AvgIpc) is 2.83. The van der Waals surface area contributed by atoms with Gasteiger partial charge in [-0.05, 0) is 30.6 Å². The van der Waals surface area contributed by atoms with Gasteiger partial charge in [-0.1, -0.05) is 39.0 Å². The lowest BCUT2D eigenvalue weighted by Crippen LogP contribution is -2.31. The molecule has 0 bridgehead atoms. The molecule has 1 aliphatic heterocycles. The van der Waals surface area contributed by atoms with Crippen LogP contribution in [0.2, 0.25) is 0 Å². The number of hydrogen-bond donors (Lipinski definition) is 1. The van der Waals surface area contributed by atoms with Gasteiger partial charge in [0.05, 0.1) is 0 Å². The minimum absolute atomic E-state index is 0.631. The normalized spacial score (nSPS) is 37.2. The summed E-state index contributed by atoms with van der Waals surface area (Å²) in [6.07, 6.45) is 4.18. The minimum atomic E-state index is 0.631. The van der Waals surface area contributed by atoms with Crippen LogP contribution >= 0.6 is 11.8 Å². The van der Waals surface area contributed by atoms with Crippen molar-refractivity contribution in [1.29, 1.82) is 0 Å². The third kappa shape index (κ3) is 3.16. The second kappa shape index (κ2) is 5.44. The third-order valence-electron chi connectivity index (χ3n) is 3.81. The summed E-state index contributed by atoms with van der Waals surface area (Å²) in [7, 11) is 0. The molecule has 0 aromatic rings. The summed E-state index contributed by atoms with van der Waals surface area (Å²) < 4.78 is 0. The second-order valence-electron chi connectivity index (χ2n) is 5.74. The predicted molar refractivity (Wildman–Crippen MR) is 73.0 cm³/mol. The van der Waals surface area contributed by atoms with Crippen molar-refractivity contribution in [3.8, 4) is 0 Å². The Labute approximate surface area is 104 Å². The number of amidine groups is 1. The van der Waals surface area contributed by atoms with Gasteiger partial charge in [-0.25, -0.2) is 0 Å². The highest BCUT2D eigenvalue weighted by atomic mass is 32.2. The highest BCUT2D eigenvalue weighted by Crippen LogP contribution is 2.30. The van der Waals surface area contributed by atoms with E-state index in [2.05, 4.69) is 26.1 Å². The summed E-state index contributed by atoms with van der Waals surface area (Å²) in [5.74, 6) is 3.69. The van der Waals surface area contributed by atoms with E-state index in [9.17, 15) is 0 Å². The van der Waals surface area contributed by atoms with Gasteiger partial charge in [0.15, 0.2) is 5.17 Å². The Morgan fingerprint density at radius 1 is 1.44 bits per heavy atom. The van der Waals surface area contributed by atoms with Gasteiger partial charge in [0, 0.05) is 18.3 Å². The van der Waals surface area contributed by atoms with Crippen molar-refractivity contribution in [3.05, 3.63) is 0 Å². The van der Waals surface area contributed by atoms with Crippen LogP contribution in [0.5, 0.6) is 0 Å². The van der Waals surface area contributed by atoms with E-state index in [-0.39, 0.29) is 0 Å². The molecule has 3 unspecified atom stereocenters. The largest absolute Gasteiger partial charge is 0.361 e. The Balaban J connectivity index is 1.76. The molecule has 1 N–H and O–H groups in total. The van der Waals surface area contributed by atoms with E-state index >= 15 is 0 Å². The van der Waals surface area contributed by atoms with Crippen molar-refractivity contribution >= 4 is 16.9 Å². The highest BCUT2D eigenvalue weighted by molar-refractivity contribution is 8.14. The second-order valence-corrected chi connectivity index (χ2v) is 6.74. The first kappa shape index (κ1) is 12.3. The topological polar surface area (TPSA) is 24.4 Å². The molecule has 3 atom stereocenters. The number of aliphatic imine (C=N–C) groups is 1. The van der Waals surface area contributed by atoms with Gasteiger partial charge in [-0.3, -0.25) is 4.99 Å². The van der Waals surface area contributed by atoms with Crippen LogP contribution in [0.15, 0.2) is 4.99 Å². The van der Waals surface area contributed by atoms with Gasteiger partial charge in [0.2, 0.25) is 0 Å². The Morgan fingerprint density at radius 2 is 2.25 bits per heavy atom. The van der Waals surface area contributed by atoms with Crippen molar-refractivity contribution in [2.75, 3.05) is 12.3 Å². The number of thioether (sulfide) groups is 1. The van der Waals surface area contributed by atoms with E-state index in [1.165, 1.54) is 30.2 Å². The van der Waals surface area contributed by atoms with E-state index in [0.29, 0.717) is 12.0 Å². The number of hydrogen-bond acceptors (Lipinski definition) is 2. The maximum absolute atomic E-state index is 4.74. The molecule has 1 saturated heterocycles. The van der Waals surface area contributed by atoms with Crippen LogP contribution in [0.25, 0.3) is 0 Å². The van der Waals surface area contributed by atoms with Gasteiger partial charge in [-0.2, -0.15) is 0 Å². The zero-order chi connectivity index (χ0) is 11.5. The Hall–Kier alpha value is -0.180. The zero-order valence-corrected chi connectivity index (χ0v) is 11.5. The number of rotatable bonds is 3. The molecule has 16 heavy (non-hydrogen) atoms. The molecule has 0 aromatic heterocycles. The van der Waals surface area contributed by atoms with Crippen molar-refractivity contribution < 1.29 is 0 Å². The minimum Gasteiger partial charge on any atom is -0.361 e. The Bertz CT molecular complexity index is 263. The summed E-state index contributed by atoms with van der Waals surface area (Å²) in [4.78, 5) is 4.74. The molecule has 2 fully saturated rings. The summed E-state index contributed by atoms with van der Waals surface area (Å²) in [6.45, 7) is 7.97. The monoisotopic (exact) mass is 240 g/mol. The lowest BCUT2D eigenvalue weighted by molar-refractivity contribution is 0.499. The molecule has 3 heteroatoms. The van der Waals surface area contributed by atoms with E-state index in [1.807, 2.05) is 11.8 Å². The summed E-state index contributed by atoms with van der Waals surface area (Å²) in [5, 5.41) is 4.73. The van der Waals surface area contributed by atoms with Crippen molar-refractivity contribution in [1.82, 2.24) is 5.32 Å². The average molecular weight is 240 g/mol. The lowest BCUT2D eigenvalue weighted by Gasteiger charge is -2.13. The maximum atomic E-state index is 4.74. The first-order valence-electron chi connectivity index (χ1n) is 6.59. The molecule has 0 amide bonds. The van der Waals surface area contributed by atoms with Crippen LogP contribution in [0.3, 0.4) is 0 Å². The fourth-order valence-electron chi connectivity index (χ4n) is 2.56. The van der Waals surface area contributed by atoms with Crippen LogP contribution < -0.4 is 5.32 Å². The molecule has 1 heterocycles. The fraction of sp³-hybridized carbons (Fsp3) is 0.923. The summed E-state index contributed by atoms with van der Waals surface area (Å²) in [6, 6.07) is 0.631. The maximum Gasteiger partial charge on any atom is 0.156 e. The van der Waals surface area contributed by atoms with Crippen LogP contribution in [0.4, 0.5) is 0 Å². The third-order valence-corrected chi connectivity index (χ3v) is 4.86. The van der Waals surface area contributed by atoms with Crippen LogP contribution in [-0.2, 0) is 0 Å². The SMILES string of the molecule is CC1CCC(CN=C2NC(C(C)C)CS2)C1. The molecule has 1 saturated carbocycles. The van der Waals surface area contributed by atoms with Gasteiger partial charge in [0.25, 0.3) is 0 Å². The summed E-state index contributed by atoms with van der Waals surface area (Å²) >= 11 is 1.90. The molecular formula is C13H24N2S. The molecule has 2 rings (SSSR count). The molecule has 0 spiro atoms. The smallest absolute Gasteiger partial charge is 0.156 e. The molecule has 1 aliphatic carbocycles. The quantitative estimate of drug-likeness (QED) is 0.819. The molecule has 0 aromatic carbocycles. The summed E-state index contributed by atoms with van der Waals surface area (Å²) in [5.41, 5.74) is 0. The van der Waals surface area contributed by atoms with Gasteiger partial charge in [-0.15, -0.1) is 0 Å². The van der Waals surface area contributed by atoms with Crippen molar-refractivity contribution in [3.63, 3.8) is 0 Å². The molecule has 92 valence electrons. The Morgan fingerprint density at radius 3 is 2.81 bits per heavy atom. The standard InChI is InChI=1S/C13H24N2S/c1-9(2)12-8-16-13(15-12)14-7-11-5-4-10(3)6-11/h9-12H,4-8H2,1-3H3,(H,14,15). The van der Waals surface area contributed by atoms with E-state index in [0.717, 1.165) is 18.4 Å². The van der Waals surface area contributed by atoms with Crippen LogP contribution in [0.1, 0.15) is 40.0 Å². The van der Waals surface area contributed by atoms with Crippen LogP contribution in [0, 0.1) is 17.8 Å². The van der Waals surface area contributed by atoms with Gasteiger partial charge < -0.3 is 5.32 Å². The first-order valence-corrected chi connectivity index (χ1v) is 7.57. The number of nitrogens with zero attached hydrogens (tertiary/aromatic N) is 1.